The summed E-state index contributed by atoms with van der Waals surface area (Å²) in [6.45, 7) is 0. The van der Waals surface area contributed by atoms with Crippen LogP contribution in [0, 0.1) is 0 Å². The lowest BCUT2D eigenvalue weighted by Gasteiger charge is -2.11. The molecule has 108 valence electrons. The van der Waals surface area contributed by atoms with Gasteiger partial charge in [0.2, 0.25) is 0 Å². The fourth-order valence-corrected chi connectivity index (χ4v) is 2.89. The molecule has 3 nitrogen and oxygen atoms in total. The summed E-state index contributed by atoms with van der Waals surface area (Å²) in [4.78, 5) is 10.6. The summed E-state index contributed by atoms with van der Waals surface area (Å²) in [5.74, 6) is 0.0937. The molecule has 2 aromatic carbocycles. The molecule has 0 amide bonds. The lowest BCUT2D eigenvalue weighted by atomic mass is 10.2. The van der Waals surface area contributed by atoms with Crippen LogP contribution in [0.3, 0.4) is 0 Å². The summed E-state index contributed by atoms with van der Waals surface area (Å²) in [7, 11) is 0. The Morgan fingerprint density at radius 1 is 1.14 bits per heavy atom. The molecule has 0 saturated heterocycles. The van der Waals surface area contributed by atoms with Crippen LogP contribution in [0.5, 0.6) is 11.5 Å². The van der Waals surface area contributed by atoms with Crippen molar-refractivity contribution >= 4 is 55.5 Å². The van der Waals surface area contributed by atoms with E-state index in [0.29, 0.717) is 22.1 Å². The van der Waals surface area contributed by atoms with Crippen LogP contribution in [-0.4, -0.2) is 11.1 Å². The van der Waals surface area contributed by atoms with E-state index in [1.807, 2.05) is 12.1 Å². The highest BCUT2D eigenvalue weighted by Gasteiger charge is 2.07. The Hall–Kier alpha value is -1.30. The Kier molecular flexibility index (Phi) is 5.45. The highest BCUT2D eigenvalue weighted by atomic mass is 79.9. The summed E-state index contributed by atoms with van der Waals surface area (Å²) in [6.07, 6.45) is 2.48. The highest BCUT2D eigenvalue weighted by molar-refractivity contribution is 9.11. The van der Waals surface area contributed by atoms with Gasteiger partial charge in [-0.3, -0.25) is 0 Å². The van der Waals surface area contributed by atoms with E-state index < -0.39 is 5.97 Å². The van der Waals surface area contributed by atoms with Gasteiger partial charge in [0.25, 0.3) is 0 Å². The van der Waals surface area contributed by atoms with Gasteiger partial charge >= 0.3 is 5.97 Å². The van der Waals surface area contributed by atoms with E-state index in [9.17, 15) is 4.79 Å². The lowest BCUT2D eigenvalue weighted by Crippen LogP contribution is -1.90. The molecule has 6 heteroatoms. The summed E-state index contributed by atoms with van der Waals surface area (Å²) in [6, 6.07) is 10.5. The smallest absolute Gasteiger partial charge is 0.328 e. The Bertz CT molecular complexity index is 714. The maximum atomic E-state index is 10.6. The number of hydrogen-bond acceptors (Lipinski definition) is 2. The predicted molar refractivity (Wildman–Crippen MR) is 90.0 cm³/mol. The Morgan fingerprint density at radius 3 is 2.52 bits per heavy atom. The van der Waals surface area contributed by atoms with Gasteiger partial charge < -0.3 is 9.84 Å². The van der Waals surface area contributed by atoms with Crippen LogP contribution in [0.1, 0.15) is 5.56 Å². The van der Waals surface area contributed by atoms with Gasteiger partial charge in [0.15, 0.2) is 0 Å². The summed E-state index contributed by atoms with van der Waals surface area (Å²) in [5.41, 5.74) is 0.583. The van der Waals surface area contributed by atoms with Crippen molar-refractivity contribution in [1.29, 1.82) is 0 Å². The molecule has 0 radical (unpaired) electrons. The molecule has 0 aliphatic rings. The first kappa shape index (κ1) is 16.1. The molecule has 0 fully saturated rings. The van der Waals surface area contributed by atoms with Crippen molar-refractivity contribution in [2.24, 2.45) is 0 Å². The molecule has 21 heavy (non-hydrogen) atoms. The maximum Gasteiger partial charge on any atom is 0.328 e. The number of carboxylic acids is 1. The normalized spacial score (nSPS) is 10.8. The molecule has 0 heterocycles. The standard InChI is InChI=1S/C15H9Br2ClO3/c16-10-2-4-14(12(17)8-10)21-13-5-3-11(18)7-9(13)1-6-15(19)20/h1-8H,(H,19,20)/b6-1+. The number of ether oxygens (including phenoxy) is 1. The van der Waals surface area contributed by atoms with E-state index in [2.05, 4.69) is 31.9 Å². The number of rotatable bonds is 4. The molecule has 2 rings (SSSR count). The van der Waals surface area contributed by atoms with Crippen LogP contribution in [0.2, 0.25) is 5.02 Å². The first-order valence-corrected chi connectivity index (χ1v) is 7.75. The monoisotopic (exact) mass is 430 g/mol. The van der Waals surface area contributed by atoms with Crippen LogP contribution in [-0.2, 0) is 4.79 Å². The second-order valence-electron chi connectivity index (χ2n) is 4.03. The number of halogens is 3. The number of aliphatic carboxylic acids is 1. The van der Waals surface area contributed by atoms with E-state index in [4.69, 9.17) is 21.4 Å². The molecule has 0 aliphatic carbocycles. The van der Waals surface area contributed by atoms with Gasteiger partial charge in [-0.2, -0.15) is 0 Å². The van der Waals surface area contributed by atoms with E-state index in [1.165, 1.54) is 6.08 Å². The fraction of sp³-hybridized carbons (Fsp3) is 0. The minimum Gasteiger partial charge on any atom is -0.478 e. The lowest BCUT2D eigenvalue weighted by molar-refractivity contribution is -0.131. The van der Waals surface area contributed by atoms with E-state index in [0.717, 1.165) is 15.0 Å². The van der Waals surface area contributed by atoms with Crippen molar-refractivity contribution in [2.75, 3.05) is 0 Å². The van der Waals surface area contributed by atoms with Crippen LogP contribution in [0.15, 0.2) is 51.4 Å². The number of carbonyl (C=O) groups is 1. The third kappa shape index (κ3) is 4.59. The van der Waals surface area contributed by atoms with Crippen LogP contribution in [0.25, 0.3) is 6.08 Å². The molecule has 0 spiro atoms. The highest BCUT2D eigenvalue weighted by Crippen LogP contribution is 2.34. The third-order valence-corrected chi connectivity index (χ3v) is 3.84. The summed E-state index contributed by atoms with van der Waals surface area (Å²) < 4.78 is 7.51. The van der Waals surface area contributed by atoms with Gasteiger partial charge in [-0.1, -0.05) is 27.5 Å². The van der Waals surface area contributed by atoms with Gasteiger partial charge in [-0.15, -0.1) is 0 Å². The molecule has 0 saturated carbocycles. The number of carboxylic acid groups (broad SMARTS) is 1. The quantitative estimate of drug-likeness (QED) is 0.626. The van der Waals surface area contributed by atoms with Gasteiger partial charge in [0.05, 0.1) is 4.47 Å². The second kappa shape index (κ2) is 7.11. The average molecular weight is 432 g/mol. The zero-order valence-corrected chi connectivity index (χ0v) is 14.4. The van der Waals surface area contributed by atoms with E-state index in [-0.39, 0.29) is 0 Å². The molecule has 0 unspecified atom stereocenters. The SMILES string of the molecule is O=C(O)/C=C/c1cc(Cl)ccc1Oc1ccc(Br)cc1Br. The molecule has 0 atom stereocenters. The second-order valence-corrected chi connectivity index (χ2v) is 6.24. The summed E-state index contributed by atoms with van der Waals surface area (Å²) in [5, 5.41) is 9.23. The first-order chi connectivity index (χ1) is 9.95. The number of benzene rings is 2. The maximum absolute atomic E-state index is 10.6. The largest absolute Gasteiger partial charge is 0.478 e. The molecular formula is C15H9Br2ClO3. The summed E-state index contributed by atoms with van der Waals surface area (Å²) >= 11 is 12.7. The van der Waals surface area contributed by atoms with Crippen molar-refractivity contribution in [3.8, 4) is 11.5 Å². The topological polar surface area (TPSA) is 46.5 Å². The van der Waals surface area contributed by atoms with Crippen LogP contribution >= 0.6 is 43.5 Å². The Balaban J connectivity index is 2.37. The third-order valence-electron chi connectivity index (χ3n) is 2.49. The van der Waals surface area contributed by atoms with Gasteiger partial charge in [-0.25, -0.2) is 4.79 Å². The van der Waals surface area contributed by atoms with E-state index >= 15 is 0 Å². The first-order valence-electron chi connectivity index (χ1n) is 5.79. The molecular weight excluding hydrogens is 423 g/mol. The molecule has 0 aromatic heterocycles. The minimum atomic E-state index is -1.04. The molecule has 2 aromatic rings. The fourth-order valence-electron chi connectivity index (χ4n) is 1.58. The number of hydrogen-bond donors (Lipinski definition) is 1. The van der Waals surface area contributed by atoms with Crippen molar-refractivity contribution in [3.63, 3.8) is 0 Å². The molecule has 1 N–H and O–H groups in total. The van der Waals surface area contributed by atoms with Crippen LogP contribution in [0.4, 0.5) is 0 Å². The van der Waals surface area contributed by atoms with Crippen molar-refractivity contribution < 1.29 is 14.6 Å². The van der Waals surface area contributed by atoms with Crippen LogP contribution < -0.4 is 4.74 Å². The van der Waals surface area contributed by atoms with Gasteiger partial charge in [0.1, 0.15) is 11.5 Å². The predicted octanol–water partition coefficient (Wildman–Crippen LogP) is 5.76. The van der Waals surface area contributed by atoms with Gasteiger partial charge in [-0.05, 0) is 58.4 Å². The molecule has 0 bridgehead atoms. The van der Waals surface area contributed by atoms with Crippen molar-refractivity contribution in [2.45, 2.75) is 0 Å². The van der Waals surface area contributed by atoms with Crippen molar-refractivity contribution in [3.05, 3.63) is 62.0 Å². The van der Waals surface area contributed by atoms with Crippen molar-refractivity contribution in [1.82, 2.24) is 0 Å². The zero-order chi connectivity index (χ0) is 15.4. The average Bonchev–Trinajstić information content (AvgIpc) is 2.41. The Morgan fingerprint density at radius 2 is 1.86 bits per heavy atom. The Labute approximate surface area is 143 Å². The van der Waals surface area contributed by atoms with Gasteiger partial charge in [0, 0.05) is 21.1 Å². The minimum absolute atomic E-state index is 0.502. The molecule has 0 aliphatic heterocycles. The van der Waals surface area contributed by atoms with E-state index in [1.54, 1.807) is 24.3 Å². The zero-order valence-electron chi connectivity index (χ0n) is 10.5.